The molecule has 1 aliphatic heterocycles. The van der Waals surface area contributed by atoms with Crippen LogP contribution in [-0.4, -0.2) is 35.6 Å². The lowest BCUT2D eigenvalue weighted by atomic mass is 9.74. The Balaban J connectivity index is 1.42. The average molecular weight is 487 g/mol. The van der Waals surface area contributed by atoms with E-state index in [0.29, 0.717) is 38.5 Å². The average Bonchev–Trinajstić information content (AvgIpc) is 3.21. The van der Waals surface area contributed by atoms with Crippen LogP contribution in [0.5, 0.6) is 0 Å². The molecular formula is C31H38N2O3. The molecule has 1 amide bonds. The van der Waals surface area contributed by atoms with E-state index >= 15 is 0 Å². The lowest BCUT2D eigenvalue weighted by molar-refractivity contribution is -0.144. The van der Waals surface area contributed by atoms with Crippen molar-refractivity contribution in [2.24, 2.45) is 16.8 Å². The predicted molar refractivity (Wildman–Crippen MR) is 143 cm³/mol. The number of hydrogen-bond acceptors (Lipinski definition) is 4. The van der Waals surface area contributed by atoms with E-state index in [4.69, 9.17) is 4.74 Å². The lowest BCUT2D eigenvalue weighted by Crippen LogP contribution is -2.35. The smallest absolute Gasteiger partial charge is 0.306 e. The number of allylic oxidation sites excluding steroid dienone is 2. The molecule has 1 saturated heterocycles. The van der Waals surface area contributed by atoms with Gasteiger partial charge in [-0.15, -0.1) is 0 Å². The number of esters is 1. The van der Waals surface area contributed by atoms with Crippen LogP contribution >= 0.6 is 0 Å². The molecule has 3 atom stereocenters. The Hall–Kier alpha value is -3.21. The zero-order valence-electron chi connectivity index (χ0n) is 21.4. The highest BCUT2D eigenvalue weighted by Gasteiger charge is 2.35. The van der Waals surface area contributed by atoms with Crippen LogP contribution in [0.4, 0.5) is 0 Å². The van der Waals surface area contributed by atoms with E-state index in [-0.39, 0.29) is 23.8 Å². The van der Waals surface area contributed by atoms with Gasteiger partial charge in [-0.3, -0.25) is 14.6 Å². The number of amides is 1. The van der Waals surface area contributed by atoms with Crippen molar-refractivity contribution in [3.05, 3.63) is 83.4 Å². The first kappa shape index (κ1) is 25.9. The van der Waals surface area contributed by atoms with Gasteiger partial charge >= 0.3 is 5.97 Å². The van der Waals surface area contributed by atoms with Gasteiger partial charge in [0, 0.05) is 31.6 Å². The van der Waals surface area contributed by atoms with Gasteiger partial charge in [-0.05, 0) is 68.1 Å². The highest BCUT2D eigenvalue weighted by molar-refractivity contribution is 5.78. The van der Waals surface area contributed by atoms with E-state index in [9.17, 15) is 9.59 Å². The molecule has 5 heteroatoms. The Morgan fingerprint density at radius 3 is 2.44 bits per heavy atom. The third kappa shape index (κ3) is 7.64. The Labute approximate surface area is 215 Å². The summed E-state index contributed by atoms with van der Waals surface area (Å²) in [5.41, 5.74) is 3.71. The van der Waals surface area contributed by atoms with Crippen molar-refractivity contribution >= 4 is 18.1 Å². The van der Waals surface area contributed by atoms with E-state index in [2.05, 4.69) is 40.2 Å². The minimum atomic E-state index is -0.109. The van der Waals surface area contributed by atoms with Gasteiger partial charge in [-0.1, -0.05) is 66.2 Å². The summed E-state index contributed by atoms with van der Waals surface area (Å²) in [5.74, 6) is 0.867. The van der Waals surface area contributed by atoms with E-state index in [0.717, 1.165) is 32.1 Å². The third-order valence-corrected chi connectivity index (χ3v) is 7.32. The van der Waals surface area contributed by atoms with Crippen LogP contribution in [0.3, 0.4) is 0 Å². The second-order valence-corrected chi connectivity index (χ2v) is 10.1. The van der Waals surface area contributed by atoms with Gasteiger partial charge in [0.25, 0.3) is 0 Å². The second kappa shape index (κ2) is 13.2. The summed E-state index contributed by atoms with van der Waals surface area (Å²) in [4.78, 5) is 31.6. The molecule has 190 valence electrons. The first-order chi connectivity index (χ1) is 17.6. The number of likely N-dealkylation sites (tertiary alicyclic amines) is 1. The molecule has 2 fully saturated rings. The summed E-state index contributed by atoms with van der Waals surface area (Å²) in [6.45, 7) is 3.62. The summed E-state index contributed by atoms with van der Waals surface area (Å²) in [7, 11) is 0. The van der Waals surface area contributed by atoms with Crippen LogP contribution in [-0.2, 0) is 27.4 Å². The van der Waals surface area contributed by atoms with Crippen LogP contribution in [0.25, 0.3) is 0 Å². The van der Waals surface area contributed by atoms with Crippen LogP contribution < -0.4 is 0 Å². The van der Waals surface area contributed by atoms with Crippen LogP contribution in [0, 0.1) is 11.8 Å². The summed E-state index contributed by atoms with van der Waals surface area (Å²) in [6, 6.07) is 20.8. The molecular weight excluding hydrogens is 448 g/mol. The van der Waals surface area contributed by atoms with Crippen molar-refractivity contribution < 1.29 is 14.3 Å². The fourth-order valence-corrected chi connectivity index (χ4v) is 5.71. The molecule has 1 aliphatic carbocycles. The Morgan fingerprint density at radius 1 is 1.03 bits per heavy atom. The predicted octanol–water partition coefficient (Wildman–Crippen LogP) is 6.13. The number of ether oxygens (including phenoxy) is 1. The van der Waals surface area contributed by atoms with Crippen molar-refractivity contribution in [3.63, 3.8) is 0 Å². The van der Waals surface area contributed by atoms with Gasteiger partial charge in [-0.2, -0.15) is 0 Å². The maximum Gasteiger partial charge on any atom is 0.306 e. The fraction of sp³-hybridized carbons (Fsp3) is 0.452. The molecule has 36 heavy (non-hydrogen) atoms. The molecule has 1 heterocycles. The maximum atomic E-state index is 12.7. The topological polar surface area (TPSA) is 59.0 Å². The van der Waals surface area contributed by atoms with Crippen molar-refractivity contribution in [1.82, 2.24) is 4.90 Å². The Morgan fingerprint density at radius 2 is 1.72 bits per heavy atom. The highest BCUT2D eigenvalue weighted by Crippen LogP contribution is 2.39. The van der Waals surface area contributed by atoms with Crippen molar-refractivity contribution in [3.8, 4) is 0 Å². The molecule has 5 nitrogen and oxygen atoms in total. The molecule has 0 unspecified atom stereocenters. The molecule has 1 saturated carbocycles. The SMILES string of the molecule is CCOC(=O)C[C@@H]1C/C(=C\C=NCc2ccccc2)C[C@H](C[C@@H]2CCC(=O)N2Cc2ccccc2)C1. The monoisotopic (exact) mass is 486 g/mol. The van der Waals surface area contributed by atoms with Gasteiger partial charge in [-0.25, -0.2) is 0 Å². The molecule has 0 bridgehead atoms. The van der Waals surface area contributed by atoms with E-state index < -0.39 is 0 Å². The largest absolute Gasteiger partial charge is 0.466 e. The summed E-state index contributed by atoms with van der Waals surface area (Å²) < 4.78 is 5.26. The van der Waals surface area contributed by atoms with Crippen LogP contribution in [0.2, 0.25) is 0 Å². The van der Waals surface area contributed by atoms with Crippen LogP contribution in [0.15, 0.2) is 77.3 Å². The third-order valence-electron chi connectivity index (χ3n) is 7.32. The lowest BCUT2D eigenvalue weighted by Gasteiger charge is -2.34. The number of hydrogen-bond donors (Lipinski definition) is 0. The molecule has 2 aliphatic rings. The number of rotatable bonds is 10. The molecule has 0 aromatic heterocycles. The molecule has 0 spiro atoms. The zero-order valence-corrected chi connectivity index (χ0v) is 21.4. The highest BCUT2D eigenvalue weighted by atomic mass is 16.5. The molecule has 4 rings (SSSR count). The molecule has 2 aromatic rings. The number of aliphatic imine (C=N–C) groups is 1. The van der Waals surface area contributed by atoms with Gasteiger partial charge in [0.2, 0.25) is 5.91 Å². The van der Waals surface area contributed by atoms with Gasteiger partial charge in [0.1, 0.15) is 0 Å². The number of carbonyl (C=O) groups excluding carboxylic acids is 2. The molecule has 0 N–H and O–H groups in total. The van der Waals surface area contributed by atoms with Gasteiger partial charge in [0.05, 0.1) is 13.2 Å². The molecule has 2 aromatic carbocycles. The van der Waals surface area contributed by atoms with Crippen LogP contribution in [0.1, 0.15) is 63.0 Å². The fourth-order valence-electron chi connectivity index (χ4n) is 5.71. The van der Waals surface area contributed by atoms with Crippen molar-refractivity contribution in [2.45, 2.75) is 71.0 Å². The first-order valence-corrected chi connectivity index (χ1v) is 13.3. The number of carbonyl (C=O) groups is 2. The first-order valence-electron chi connectivity index (χ1n) is 13.3. The van der Waals surface area contributed by atoms with E-state index in [1.807, 2.05) is 49.5 Å². The minimum absolute atomic E-state index is 0.109. The summed E-state index contributed by atoms with van der Waals surface area (Å²) in [6.07, 6.45) is 9.97. The van der Waals surface area contributed by atoms with E-state index in [1.54, 1.807) is 0 Å². The van der Waals surface area contributed by atoms with E-state index in [1.165, 1.54) is 16.7 Å². The standard InChI is InChI=1S/C31H38N2O3/c1-2-36-31(35)21-28-18-26(15-16-32-22-24-9-5-3-6-10-24)17-27(19-28)20-29-13-14-30(34)33(29)23-25-11-7-4-8-12-25/h3-12,15-16,27-29H,2,13-14,17-23H2,1H3/b26-15-,32-16?/t27-,28+,29-/m0/s1. The molecule has 0 radical (unpaired) electrons. The number of nitrogens with zero attached hydrogens (tertiary/aromatic N) is 2. The minimum Gasteiger partial charge on any atom is -0.466 e. The normalized spacial score (nSPS) is 23.5. The Bertz CT molecular complexity index is 1050. The second-order valence-electron chi connectivity index (χ2n) is 10.1. The maximum absolute atomic E-state index is 12.7. The number of benzene rings is 2. The Kier molecular flexibility index (Phi) is 9.48. The van der Waals surface area contributed by atoms with Crippen molar-refractivity contribution in [1.29, 1.82) is 0 Å². The summed E-state index contributed by atoms with van der Waals surface area (Å²) in [5, 5.41) is 0. The van der Waals surface area contributed by atoms with Gasteiger partial charge < -0.3 is 9.64 Å². The quantitative estimate of drug-likeness (QED) is 0.300. The van der Waals surface area contributed by atoms with Crippen molar-refractivity contribution in [2.75, 3.05) is 6.61 Å². The zero-order chi connectivity index (χ0) is 25.2. The summed E-state index contributed by atoms with van der Waals surface area (Å²) >= 11 is 0. The van der Waals surface area contributed by atoms with Gasteiger partial charge in [0.15, 0.2) is 0 Å².